The van der Waals surface area contributed by atoms with Gasteiger partial charge < -0.3 is 49.1 Å². The molecule has 15 nitrogen and oxygen atoms in total. The normalized spacial score (nSPS) is 15.9. The van der Waals surface area contributed by atoms with Gasteiger partial charge in [0.05, 0.1) is 18.6 Å². The molecule has 15 heteroatoms. The molecule has 0 heterocycles. The van der Waals surface area contributed by atoms with Crippen molar-refractivity contribution in [3.63, 3.8) is 0 Å². The van der Waals surface area contributed by atoms with Gasteiger partial charge in [-0.15, -0.1) is 0 Å². The number of nitrogens with one attached hydrogen (secondary N) is 3. The van der Waals surface area contributed by atoms with E-state index in [1.165, 1.54) is 6.92 Å². The Morgan fingerprint density at radius 1 is 0.914 bits per heavy atom. The second kappa shape index (κ2) is 15.4. The first kappa shape index (κ1) is 31.5. The number of carboxylic acid groups (broad SMARTS) is 1. The van der Waals surface area contributed by atoms with Crippen LogP contribution < -0.4 is 38.9 Å². The van der Waals surface area contributed by atoms with E-state index in [9.17, 15) is 34.2 Å². The summed E-state index contributed by atoms with van der Waals surface area (Å²) in [6.45, 7) is 4.81. The number of rotatable bonds is 16. The van der Waals surface area contributed by atoms with Crippen molar-refractivity contribution in [2.24, 2.45) is 33.8 Å². The number of carboxylic acids is 1. The molecule has 6 unspecified atom stereocenters. The van der Waals surface area contributed by atoms with Crippen molar-refractivity contribution in [2.45, 2.75) is 76.7 Å². The third-order valence-electron chi connectivity index (χ3n) is 5.18. The fourth-order valence-corrected chi connectivity index (χ4v) is 2.92. The van der Waals surface area contributed by atoms with E-state index >= 15 is 0 Å². The highest BCUT2D eigenvalue weighted by Gasteiger charge is 2.34. The zero-order chi connectivity index (χ0) is 27.3. The monoisotopic (exact) mass is 502 g/mol. The van der Waals surface area contributed by atoms with Gasteiger partial charge in [-0.05, 0) is 25.7 Å². The van der Waals surface area contributed by atoms with Gasteiger partial charge in [-0.1, -0.05) is 20.3 Å². The first-order valence-electron chi connectivity index (χ1n) is 11.1. The van der Waals surface area contributed by atoms with Crippen molar-refractivity contribution < 1.29 is 34.2 Å². The number of aliphatic imine (C=N–C) groups is 1. The Kier molecular flexibility index (Phi) is 13.9. The number of carbonyl (C=O) groups is 5. The lowest BCUT2D eigenvalue weighted by atomic mass is 9.98. The Morgan fingerprint density at radius 3 is 1.94 bits per heavy atom. The maximum absolute atomic E-state index is 12.8. The zero-order valence-corrected chi connectivity index (χ0v) is 20.2. The molecule has 0 saturated carbocycles. The predicted octanol–water partition coefficient (Wildman–Crippen LogP) is -3.79. The molecule has 0 aliphatic carbocycles. The topological polar surface area (TPSA) is 278 Å². The molecule has 200 valence electrons. The standard InChI is InChI=1S/C20H38N8O7/c1-4-9(2)14(19(34)35)27-17(32)12(8-13(22)30)26-18(33)15(10(3)29)28-16(31)11(21)6-5-7-25-20(23)24/h9-12,14-15,29H,4-8,21H2,1-3H3,(H2,22,30)(H,26,33)(H,27,32)(H,28,31)(H,34,35)(H4,23,24,25). The number of nitrogens with zero attached hydrogens (tertiary/aromatic N) is 1. The molecule has 0 aromatic heterocycles. The average molecular weight is 503 g/mol. The van der Waals surface area contributed by atoms with E-state index in [4.69, 9.17) is 22.9 Å². The first-order valence-corrected chi connectivity index (χ1v) is 11.1. The van der Waals surface area contributed by atoms with Crippen molar-refractivity contribution >= 4 is 35.6 Å². The third-order valence-corrected chi connectivity index (χ3v) is 5.18. The van der Waals surface area contributed by atoms with Gasteiger partial charge >= 0.3 is 5.97 Å². The molecule has 0 saturated heterocycles. The molecule has 0 rings (SSSR count). The second-order valence-corrected chi connectivity index (χ2v) is 8.22. The molecule has 35 heavy (non-hydrogen) atoms. The zero-order valence-electron chi connectivity index (χ0n) is 20.2. The van der Waals surface area contributed by atoms with Crippen molar-refractivity contribution in [2.75, 3.05) is 6.54 Å². The van der Waals surface area contributed by atoms with Crippen LogP contribution in [0, 0.1) is 5.92 Å². The molecule has 0 bridgehead atoms. The Balaban J connectivity index is 5.37. The fourth-order valence-electron chi connectivity index (χ4n) is 2.92. The summed E-state index contributed by atoms with van der Waals surface area (Å²) < 4.78 is 0. The molecule has 13 N–H and O–H groups in total. The number of hydrogen-bond acceptors (Lipinski definition) is 8. The lowest BCUT2D eigenvalue weighted by Crippen LogP contribution is -2.60. The smallest absolute Gasteiger partial charge is 0.326 e. The van der Waals surface area contributed by atoms with Crippen LogP contribution >= 0.6 is 0 Å². The van der Waals surface area contributed by atoms with Crippen molar-refractivity contribution in [3.05, 3.63) is 0 Å². The lowest BCUT2D eigenvalue weighted by molar-refractivity contribution is -0.144. The Labute approximate surface area is 203 Å². The quantitative estimate of drug-likeness (QED) is 0.0563. The van der Waals surface area contributed by atoms with E-state index in [1.54, 1.807) is 13.8 Å². The average Bonchev–Trinajstić information content (AvgIpc) is 2.75. The summed E-state index contributed by atoms with van der Waals surface area (Å²) in [6.07, 6.45) is -1.06. The van der Waals surface area contributed by atoms with E-state index in [1.807, 2.05) is 0 Å². The summed E-state index contributed by atoms with van der Waals surface area (Å²) in [5.74, 6) is -5.51. The van der Waals surface area contributed by atoms with Gasteiger partial charge in [-0.3, -0.25) is 24.2 Å². The van der Waals surface area contributed by atoms with Gasteiger partial charge in [-0.2, -0.15) is 0 Å². The number of primary amides is 1. The number of aliphatic hydroxyl groups excluding tert-OH is 1. The summed E-state index contributed by atoms with van der Waals surface area (Å²) in [6, 6.07) is -5.39. The minimum absolute atomic E-state index is 0.109. The number of nitrogens with two attached hydrogens (primary N) is 4. The molecule has 0 aliphatic heterocycles. The Hall–Kier alpha value is -3.46. The van der Waals surface area contributed by atoms with E-state index in [2.05, 4.69) is 20.9 Å². The highest BCUT2D eigenvalue weighted by Crippen LogP contribution is 2.09. The number of aliphatic carboxylic acids is 1. The number of amides is 4. The van der Waals surface area contributed by atoms with Gasteiger partial charge in [0, 0.05) is 6.54 Å². The van der Waals surface area contributed by atoms with E-state index in [0.29, 0.717) is 12.8 Å². The number of carbonyl (C=O) groups excluding carboxylic acids is 4. The predicted molar refractivity (Wildman–Crippen MR) is 126 cm³/mol. The number of hydrogen-bond donors (Lipinski definition) is 9. The van der Waals surface area contributed by atoms with Crippen molar-refractivity contribution in [3.8, 4) is 0 Å². The van der Waals surface area contributed by atoms with Crippen molar-refractivity contribution in [1.29, 1.82) is 0 Å². The molecule has 0 spiro atoms. The highest BCUT2D eigenvalue weighted by molar-refractivity contribution is 5.96. The van der Waals surface area contributed by atoms with Gasteiger partial charge in [0.25, 0.3) is 0 Å². The maximum Gasteiger partial charge on any atom is 0.326 e. The van der Waals surface area contributed by atoms with Crippen LogP contribution in [0.3, 0.4) is 0 Å². The molecule has 0 fully saturated rings. The van der Waals surface area contributed by atoms with Crippen LogP contribution in [-0.2, 0) is 24.0 Å². The van der Waals surface area contributed by atoms with Crippen LogP contribution in [0.25, 0.3) is 0 Å². The molecular weight excluding hydrogens is 464 g/mol. The highest BCUT2D eigenvalue weighted by atomic mass is 16.4. The van der Waals surface area contributed by atoms with Crippen LogP contribution in [0.5, 0.6) is 0 Å². The van der Waals surface area contributed by atoms with Gasteiger partial charge in [-0.25, -0.2) is 4.79 Å². The summed E-state index contributed by atoms with van der Waals surface area (Å²) >= 11 is 0. The summed E-state index contributed by atoms with van der Waals surface area (Å²) in [5.41, 5.74) is 21.4. The maximum atomic E-state index is 12.8. The molecular formula is C20H38N8O7. The van der Waals surface area contributed by atoms with Crippen LogP contribution in [0.1, 0.15) is 46.5 Å². The van der Waals surface area contributed by atoms with Crippen LogP contribution in [-0.4, -0.2) is 82.6 Å². The van der Waals surface area contributed by atoms with Gasteiger partial charge in [0.1, 0.15) is 18.1 Å². The largest absolute Gasteiger partial charge is 0.480 e. The number of guanidine groups is 1. The first-order chi connectivity index (χ1) is 16.2. The number of aliphatic hydroxyl groups is 1. The van der Waals surface area contributed by atoms with Crippen molar-refractivity contribution in [1.82, 2.24) is 16.0 Å². The SMILES string of the molecule is CCC(C)C(NC(=O)C(CC(N)=O)NC(=O)C(NC(=O)C(N)CCCN=C(N)N)C(C)O)C(=O)O. The van der Waals surface area contributed by atoms with Crippen LogP contribution in [0.4, 0.5) is 0 Å². The van der Waals surface area contributed by atoms with Gasteiger partial charge in [0.15, 0.2) is 5.96 Å². The lowest BCUT2D eigenvalue weighted by Gasteiger charge is -2.27. The van der Waals surface area contributed by atoms with E-state index < -0.39 is 72.2 Å². The summed E-state index contributed by atoms with van der Waals surface area (Å²) in [5, 5.41) is 26.2. The molecule has 6 atom stereocenters. The molecule has 0 aromatic rings. The van der Waals surface area contributed by atoms with E-state index in [-0.39, 0.29) is 18.9 Å². The summed E-state index contributed by atoms with van der Waals surface area (Å²) in [4.78, 5) is 64.5. The van der Waals surface area contributed by atoms with Crippen LogP contribution in [0.2, 0.25) is 0 Å². The third kappa shape index (κ3) is 12.0. The van der Waals surface area contributed by atoms with E-state index in [0.717, 1.165) is 0 Å². The summed E-state index contributed by atoms with van der Waals surface area (Å²) in [7, 11) is 0. The minimum Gasteiger partial charge on any atom is -0.480 e. The molecule has 0 radical (unpaired) electrons. The molecule has 4 amide bonds. The Bertz CT molecular complexity index is 785. The van der Waals surface area contributed by atoms with Crippen LogP contribution in [0.15, 0.2) is 4.99 Å². The molecule has 0 aromatic carbocycles. The Morgan fingerprint density at radius 2 is 1.49 bits per heavy atom. The minimum atomic E-state index is -1.54. The second-order valence-electron chi connectivity index (χ2n) is 8.22. The fraction of sp³-hybridized carbons (Fsp3) is 0.700. The molecule has 0 aliphatic rings. The van der Waals surface area contributed by atoms with Gasteiger partial charge in [0.2, 0.25) is 23.6 Å².